The van der Waals surface area contributed by atoms with Crippen LogP contribution in [0.4, 0.5) is 4.79 Å². The third-order valence-corrected chi connectivity index (χ3v) is 7.56. The fraction of sp³-hybridized carbons (Fsp3) is 0.583. The van der Waals surface area contributed by atoms with Crippen LogP contribution < -0.4 is 26.0 Å². The number of aliphatic carboxylic acids is 1. The highest BCUT2D eigenvalue weighted by atomic mass is 32.2. The molecule has 218 valence electrons. The van der Waals surface area contributed by atoms with E-state index in [-0.39, 0.29) is 50.5 Å². The average molecular weight is 580 g/mol. The van der Waals surface area contributed by atoms with Crippen molar-refractivity contribution in [3.63, 3.8) is 0 Å². The largest absolute Gasteiger partial charge is 0.491 e. The van der Waals surface area contributed by atoms with Crippen LogP contribution in [-0.4, -0.2) is 91.3 Å². The van der Waals surface area contributed by atoms with E-state index in [1.165, 1.54) is 6.07 Å². The van der Waals surface area contributed by atoms with E-state index in [1.54, 1.807) is 18.2 Å². The summed E-state index contributed by atoms with van der Waals surface area (Å²) in [5, 5.41) is 23.5. The molecule has 1 aromatic carbocycles. The standard InChI is InChI=1S/C24H33N7O8S/c25-31-30-20(38-9-8-37-12-21(33)34)11-39-16-5-3-4-15(10-16)23(35)27-14-26-19(32)7-2-1-6-18-22-17(13-40-18)28-24(36)29-22/h3-5,10,17-18,20,22H,1-2,6-9,11-14H2,(H,26,32)(H,27,35)(H,33,34)(H2,28,29,36)/t17-,18-,20?,22-/m1/s1. The predicted molar refractivity (Wildman–Crippen MR) is 144 cm³/mol. The van der Waals surface area contributed by atoms with Gasteiger partial charge in [-0.3, -0.25) is 9.59 Å². The first-order valence-corrected chi connectivity index (χ1v) is 13.8. The number of fused-ring (bicyclic) bond motifs is 1. The molecule has 4 amide bonds. The van der Waals surface area contributed by atoms with Gasteiger partial charge < -0.3 is 40.6 Å². The molecule has 0 aliphatic carbocycles. The molecule has 2 aliphatic heterocycles. The number of ether oxygens (including phenoxy) is 3. The van der Waals surface area contributed by atoms with Gasteiger partial charge in [0.25, 0.3) is 5.91 Å². The number of carbonyl (C=O) groups is 4. The summed E-state index contributed by atoms with van der Waals surface area (Å²) in [5.74, 6) is -0.446. The molecule has 1 unspecified atom stereocenters. The first kappa shape index (κ1) is 30.8. The predicted octanol–water partition coefficient (Wildman–Crippen LogP) is 1.35. The molecule has 2 saturated heterocycles. The number of nitrogens with zero attached hydrogens (tertiary/aromatic N) is 3. The number of amides is 4. The Hall–Kier alpha value is -3.72. The summed E-state index contributed by atoms with van der Waals surface area (Å²) in [7, 11) is 0. The van der Waals surface area contributed by atoms with Crippen molar-refractivity contribution in [3.8, 4) is 5.75 Å². The number of rotatable bonds is 18. The van der Waals surface area contributed by atoms with Crippen molar-refractivity contribution >= 4 is 35.6 Å². The van der Waals surface area contributed by atoms with E-state index in [0.29, 0.717) is 29.4 Å². The molecule has 5 N–H and O–H groups in total. The summed E-state index contributed by atoms with van der Waals surface area (Å²) in [4.78, 5) is 49.2. The van der Waals surface area contributed by atoms with E-state index >= 15 is 0 Å². The van der Waals surface area contributed by atoms with Crippen LogP contribution in [0.25, 0.3) is 10.4 Å². The third kappa shape index (κ3) is 10.4. The second kappa shape index (κ2) is 16.4. The Balaban J connectivity index is 1.30. The molecule has 16 heteroatoms. The lowest BCUT2D eigenvalue weighted by Crippen LogP contribution is -2.37. The second-order valence-corrected chi connectivity index (χ2v) is 10.2. The second-order valence-electron chi connectivity index (χ2n) is 8.97. The van der Waals surface area contributed by atoms with Crippen LogP contribution in [0.3, 0.4) is 0 Å². The Morgan fingerprint density at radius 2 is 2.08 bits per heavy atom. The first-order chi connectivity index (χ1) is 19.4. The Morgan fingerprint density at radius 1 is 1.23 bits per heavy atom. The zero-order valence-corrected chi connectivity index (χ0v) is 22.6. The monoisotopic (exact) mass is 579 g/mol. The molecular weight excluding hydrogens is 546 g/mol. The Labute approximate surface area is 234 Å². The minimum absolute atomic E-state index is 0.00479. The molecular formula is C24H33N7O8S. The number of unbranched alkanes of at least 4 members (excludes halogenated alkanes) is 1. The Morgan fingerprint density at radius 3 is 2.88 bits per heavy atom. The van der Waals surface area contributed by atoms with Crippen molar-refractivity contribution in [2.75, 3.05) is 38.8 Å². The van der Waals surface area contributed by atoms with Crippen molar-refractivity contribution in [1.29, 1.82) is 0 Å². The number of carboxylic acids is 1. The highest BCUT2D eigenvalue weighted by Crippen LogP contribution is 2.33. The summed E-state index contributed by atoms with van der Waals surface area (Å²) in [6.07, 6.45) is 1.86. The minimum Gasteiger partial charge on any atom is -0.491 e. The molecule has 0 aromatic heterocycles. The fourth-order valence-electron chi connectivity index (χ4n) is 4.16. The van der Waals surface area contributed by atoms with Crippen molar-refractivity contribution in [2.45, 2.75) is 49.2 Å². The fourth-order valence-corrected chi connectivity index (χ4v) is 5.70. The molecule has 2 aliphatic rings. The van der Waals surface area contributed by atoms with Gasteiger partial charge in [0.2, 0.25) is 5.91 Å². The molecule has 0 bridgehead atoms. The van der Waals surface area contributed by atoms with Crippen molar-refractivity contribution in [2.24, 2.45) is 5.11 Å². The molecule has 15 nitrogen and oxygen atoms in total. The lowest BCUT2D eigenvalue weighted by atomic mass is 10.0. The average Bonchev–Trinajstić information content (AvgIpc) is 3.48. The number of thioether (sulfide) groups is 1. The summed E-state index contributed by atoms with van der Waals surface area (Å²) >= 11 is 1.84. The molecule has 40 heavy (non-hydrogen) atoms. The van der Waals surface area contributed by atoms with Crippen LogP contribution in [0.2, 0.25) is 0 Å². The van der Waals surface area contributed by atoms with Crippen LogP contribution in [0, 0.1) is 0 Å². The zero-order chi connectivity index (χ0) is 28.7. The summed E-state index contributed by atoms with van der Waals surface area (Å²) < 4.78 is 15.7. The number of benzene rings is 1. The number of urea groups is 1. The van der Waals surface area contributed by atoms with E-state index in [4.69, 9.17) is 24.8 Å². The van der Waals surface area contributed by atoms with Crippen LogP contribution in [0.1, 0.15) is 36.0 Å². The number of hydrogen-bond donors (Lipinski definition) is 5. The molecule has 2 fully saturated rings. The lowest BCUT2D eigenvalue weighted by Gasteiger charge is -2.16. The van der Waals surface area contributed by atoms with Gasteiger partial charge in [-0.25, -0.2) is 9.59 Å². The van der Waals surface area contributed by atoms with Gasteiger partial charge in [-0.1, -0.05) is 17.6 Å². The molecule has 2 heterocycles. The number of carbonyl (C=O) groups excluding carboxylic acids is 3. The van der Waals surface area contributed by atoms with E-state index in [9.17, 15) is 19.2 Å². The van der Waals surface area contributed by atoms with Gasteiger partial charge in [0.1, 0.15) is 19.0 Å². The summed E-state index contributed by atoms with van der Waals surface area (Å²) in [6.45, 7) is -0.649. The molecule has 0 saturated carbocycles. The minimum atomic E-state index is -1.11. The van der Waals surface area contributed by atoms with Gasteiger partial charge in [-0.15, -0.1) is 0 Å². The van der Waals surface area contributed by atoms with E-state index in [0.717, 1.165) is 18.6 Å². The van der Waals surface area contributed by atoms with Crippen LogP contribution in [-0.2, 0) is 19.1 Å². The van der Waals surface area contributed by atoms with E-state index < -0.39 is 24.7 Å². The van der Waals surface area contributed by atoms with Crippen molar-refractivity contribution < 1.29 is 38.5 Å². The van der Waals surface area contributed by atoms with Gasteiger partial charge in [0, 0.05) is 27.9 Å². The maximum atomic E-state index is 12.5. The first-order valence-electron chi connectivity index (χ1n) is 12.8. The quantitative estimate of drug-likeness (QED) is 0.0423. The molecule has 0 spiro atoms. The Bertz CT molecular complexity index is 1090. The number of nitrogens with one attached hydrogen (secondary N) is 4. The van der Waals surface area contributed by atoms with Crippen molar-refractivity contribution in [3.05, 3.63) is 40.3 Å². The van der Waals surface area contributed by atoms with Crippen LogP contribution >= 0.6 is 11.8 Å². The van der Waals surface area contributed by atoms with Crippen LogP contribution in [0.5, 0.6) is 5.75 Å². The number of azide groups is 1. The summed E-state index contributed by atoms with van der Waals surface area (Å²) in [5.41, 5.74) is 9.01. The van der Waals surface area contributed by atoms with Gasteiger partial charge in [-0.05, 0) is 36.6 Å². The van der Waals surface area contributed by atoms with Gasteiger partial charge in [0.15, 0.2) is 6.23 Å². The Kier molecular flexibility index (Phi) is 12.6. The van der Waals surface area contributed by atoms with Crippen molar-refractivity contribution in [1.82, 2.24) is 21.3 Å². The van der Waals surface area contributed by atoms with Crippen LogP contribution in [0.15, 0.2) is 29.4 Å². The topological polar surface area (TPSA) is 213 Å². The zero-order valence-electron chi connectivity index (χ0n) is 21.7. The van der Waals surface area contributed by atoms with Gasteiger partial charge in [-0.2, -0.15) is 11.8 Å². The number of carboxylic acid groups (broad SMARTS) is 1. The smallest absolute Gasteiger partial charge is 0.329 e. The van der Waals surface area contributed by atoms with Gasteiger partial charge >= 0.3 is 12.0 Å². The van der Waals surface area contributed by atoms with Gasteiger partial charge in [0.05, 0.1) is 32.0 Å². The normalized spacial score (nSPS) is 19.9. The maximum absolute atomic E-state index is 12.5. The lowest BCUT2D eigenvalue weighted by molar-refractivity contribution is -0.143. The maximum Gasteiger partial charge on any atom is 0.329 e. The highest BCUT2D eigenvalue weighted by Gasteiger charge is 2.42. The number of hydrogen-bond acceptors (Lipinski definition) is 9. The summed E-state index contributed by atoms with van der Waals surface area (Å²) in [6, 6.07) is 6.54. The molecule has 0 radical (unpaired) electrons. The molecule has 3 rings (SSSR count). The highest BCUT2D eigenvalue weighted by molar-refractivity contribution is 8.00. The molecule has 4 atom stereocenters. The SMILES string of the molecule is [N-]=[N+]=NC(COc1cccc(C(=O)NCNC(=O)CCCC[C@H]2SC[C@H]3NC(=O)N[C@H]32)c1)OCCOCC(=O)O. The molecule has 1 aromatic rings. The van der Waals surface area contributed by atoms with E-state index in [2.05, 4.69) is 31.3 Å². The third-order valence-electron chi connectivity index (χ3n) is 6.05. The van der Waals surface area contributed by atoms with E-state index in [1.807, 2.05) is 11.8 Å².